The average molecular weight is 451 g/mol. The molecule has 172 valence electrons. The fraction of sp³-hybridized carbons (Fsp3) is 0.375. The molecule has 3 aliphatic heterocycles. The van der Waals surface area contributed by atoms with E-state index in [1.165, 1.54) is 6.92 Å². The van der Waals surface area contributed by atoms with Crippen LogP contribution in [0.15, 0.2) is 48.5 Å². The van der Waals surface area contributed by atoms with Crippen molar-refractivity contribution in [2.45, 2.75) is 19.1 Å². The second-order valence-electron chi connectivity index (χ2n) is 8.22. The van der Waals surface area contributed by atoms with Gasteiger partial charge in [0.15, 0.2) is 17.6 Å². The van der Waals surface area contributed by atoms with Crippen LogP contribution in [0.5, 0.6) is 17.2 Å². The van der Waals surface area contributed by atoms with E-state index in [0.717, 1.165) is 0 Å². The summed E-state index contributed by atoms with van der Waals surface area (Å²) in [6.07, 6.45) is -1.48. The first-order chi connectivity index (χ1) is 16.0. The quantitative estimate of drug-likeness (QED) is 0.684. The molecule has 2 aromatic rings. The predicted molar refractivity (Wildman–Crippen MR) is 118 cm³/mol. The van der Waals surface area contributed by atoms with E-state index >= 15 is 0 Å². The number of carbonyl (C=O) groups excluding carboxylic acids is 3. The van der Waals surface area contributed by atoms with Crippen LogP contribution in [0.1, 0.15) is 6.92 Å². The third kappa shape index (κ3) is 4.06. The van der Waals surface area contributed by atoms with Gasteiger partial charge in [0, 0.05) is 33.1 Å². The van der Waals surface area contributed by atoms with E-state index in [1.54, 1.807) is 39.0 Å². The molecule has 0 spiro atoms. The summed E-state index contributed by atoms with van der Waals surface area (Å²) in [6, 6.07) is 14.5. The first-order valence-electron chi connectivity index (χ1n) is 11.0. The molecule has 33 heavy (non-hydrogen) atoms. The predicted octanol–water partition coefficient (Wildman–Crippen LogP) is 1.31. The van der Waals surface area contributed by atoms with Crippen molar-refractivity contribution in [1.82, 2.24) is 9.80 Å². The fourth-order valence-corrected chi connectivity index (χ4v) is 4.36. The lowest BCUT2D eigenvalue weighted by Crippen LogP contribution is -2.58. The Balaban J connectivity index is 1.20. The lowest BCUT2D eigenvalue weighted by atomic mass is 10.1. The minimum atomic E-state index is -0.780. The van der Waals surface area contributed by atoms with Crippen molar-refractivity contribution in [3.63, 3.8) is 0 Å². The number of hydrogen-bond donors (Lipinski definition) is 0. The Labute approximate surface area is 191 Å². The van der Waals surface area contributed by atoms with E-state index in [1.807, 2.05) is 24.3 Å². The largest absolute Gasteiger partial charge is 0.485 e. The SMILES string of the molecule is CC(=O)N1C[C@@H](C(=O)N2CCN(C(=O)[C@@H]3COc4ccccc4O3)CC2)Oc2ccccc21. The van der Waals surface area contributed by atoms with Crippen molar-refractivity contribution in [2.75, 3.05) is 44.2 Å². The molecule has 0 saturated carbocycles. The monoisotopic (exact) mass is 451 g/mol. The number of carbonyl (C=O) groups is 3. The summed E-state index contributed by atoms with van der Waals surface area (Å²) in [6.45, 7) is 3.36. The van der Waals surface area contributed by atoms with Gasteiger partial charge in [-0.15, -0.1) is 0 Å². The zero-order valence-corrected chi connectivity index (χ0v) is 18.3. The van der Waals surface area contributed by atoms with Crippen LogP contribution in [-0.4, -0.2) is 79.1 Å². The summed E-state index contributed by atoms with van der Waals surface area (Å²) < 4.78 is 17.4. The molecule has 3 aliphatic rings. The molecule has 0 bridgehead atoms. The number of hydrogen-bond acceptors (Lipinski definition) is 6. The summed E-state index contributed by atoms with van der Waals surface area (Å²) in [5.41, 5.74) is 0.667. The fourth-order valence-electron chi connectivity index (χ4n) is 4.36. The van der Waals surface area contributed by atoms with Gasteiger partial charge in [-0.25, -0.2) is 0 Å². The van der Waals surface area contributed by atoms with Crippen LogP contribution >= 0.6 is 0 Å². The number of fused-ring (bicyclic) bond motifs is 2. The number of amides is 3. The molecule has 2 aromatic carbocycles. The molecular formula is C24H25N3O6. The van der Waals surface area contributed by atoms with Crippen molar-refractivity contribution < 1.29 is 28.6 Å². The van der Waals surface area contributed by atoms with Gasteiger partial charge in [0.05, 0.1) is 12.2 Å². The third-order valence-corrected chi connectivity index (χ3v) is 6.12. The Morgan fingerprint density at radius 1 is 0.758 bits per heavy atom. The Bertz CT molecular complexity index is 1080. The Morgan fingerprint density at radius 3 is 1.97 bits per heavy atom. The van der Waals surface area contributed by atoms with Gasteiger partial charge in [-0.2, -0.15) is 0 Å². The van der Waals surface area contributed by atoms with Gasteiger partial charge < -0.3 is 28.9 Å². The summed E-state index contributed by atoms with van der Waals surface area (Å²) in [5.74, 6) is 1.22. The topological polar surface area (TPSA) is 88.6 Å². The van der Waals surface area contributed by atoms with Crippen LogP contribution in [-0.2, 0) is 14.4 Å². The van der Waals surface area contributed by atoms with Gasteiger partial charge in [0.2, 0.25) is 12.0 Å². The molecule has 0 radical (unpaired) electrons. The maximum absolute atomic E-state index is 13.2. The third-order valence-electron chi connectivity index (χ3n) is 6.12. The smallest absolute Gasteiger partial charge is 0.267 e. The van der Waals surface area contributed by atoms with Gasteiger partial charge >= 0.3 is 0 Å². The first kappa shape index (κ1) is 21.1. The van der Waals surface area contributed by atoms with Crippen LogP contribution in [0.2, 0.25) is 0 Å². The molecule has 2 atom stereocenters. The van der Waals surface area contributed by atoms with Crippen LogP contribution in [0.3, 0.4) is 0 Å². The van der Waals surface area contributed by atoms with Crippen molar-refractivity contribution >= 4 is 23.4 Å². The molecule has 9 heteroatoms. The number of rotatable bonds is 2. The minimum absolute atomic E-state index is 0.143. The highest BCUT2D eigenvalue weighted by Crippen LogP contribution is 2.34. The summed E-state index contributed by atoms with van der Waals surface area (Å²) >= 11 is 0. The normalized spacial score (nSPS) is 21.7. The maximum atomic E-state index is 13.2. The Kier molecular flexibility index (Phi) is 5.53. The highest BCUT2D eigenvalue weighted by molar-refractivity contribution is 5.96. The zero-order chi connectivity index (χ0) is 22.9. The second-order valence-corrected chi connectivity index (χ2v) is 8.22. The van der Waals surface area contributed by atoms with Gasteiger partial charge in [-0.1, -0.05) is 24.3 Å². The molecule has 0 aliphatic carbocycles. The number of ether oxygens (including phenoxy) is 3. The maximum Gasteiger partial charge on any atom is 0.267 e. The van der Waals surface area contributed by atoms with E-state index in [2.05, 4.69) is 0 Å². The zero-order valence-electron chi connectivity index (χ0n) is 18.3. The minimum Gasteiger partial charge on any atom is -0.485 e. The van der Waals surface area contributed by atoms with Gasteiger partial charge in [0.1, 0.15) is 12.4 Å². The molecule has 0 unspecified atom stereocenters. The second kappa shape index (κ2) is 8.65. The van der Waals surface area contributed by atoms with Gasteiger partial charge in [-0.3, -0.25) is 14.4 Å². The number of nitrogens with zero attached hydrogens (tertiary/aromatic N) is 3. The van der Waals surface area contributed by atoms with E-state index in [-0.39, 0.29) is 30.9 Å². The molecule has 0 aromatic heterocycles. The lowest BCUT2D eigenvalue weighted by molar-refractivity contribution is -0.148. The van der Waals surface area contributed by atoms with Crippen molar-refractivity contribution in [3.05, 3.63) is 48.5 Å². The van der Waals surface area contributed by atoms with E-state index < -0.39 is 12.2 Å². The summed E-state index contributed by atoms with van der Waals surface area (Å²) in [4.78, 5) is 43.2. The first-order valence-corrected chi connectivity index (χ1v) is 11.0. The van der Waals surface area contributed by atoms with Crippen LogP contribution < -0.4 is 19.1 Å². The molecule has 1 saturated heterocycles. The van der Waals surface area contributed by atoms with Crippen LogP contribution in [0.4, 0.5) is 5.69 Å². The molecule has 0 N–H and O–H groups in total. The molecule has 3 amide bonds. The number of anilines is 1. The van der Waals surface area contributed by atoms with E-state index in [4.69, 9.17) is 14.2 Å². The van der Waals surface area contributed by atoms with Crippen LogP contribution in [0.25, 0.3) is 0 Å². The van der Waals surface area contributed by atoms with Gasteiger partial charge in [0.25, 0.3) is 11.8 Å². The van der Waals surface area contributed by atoms with E-state index in [0.29, 0.717) is 49.1 Å². The summed E-state index contributed by atoms with van der Waals surface area (Å²) in [5, 5.41) is 0. The summed E-state index contributed by atoms with van der Waals surface area (Å²) in [7, 11) is 0. The Hall–Kier alpha value is -3.75. The Morgan fingerprint density at radius 2 is 1.30 bits per heavy atom. The molecular weight excluding hydrogens is 426 g/mol. The lowest BCUT2D eigenvalue weighted by Gasteiger charge is -2.40. The van der Waals surface area contributed by atoms with Crippen molar-refractivity contribution in [1.29, 1.82) is 0 Å². The molecule has 3 heterocycles. The van der Waals surface area contributed by atoms with Crippen molar-refractivity contribution in [2.24, 2.45) is 0 Å². The average Bonchev–Trinajstić information content (AvgIpc) is 2.86. The molecule has 5 rings (SSSR count). The number of benzene rings is 2. The van der Waals surface area contributed by atoms with Crippen molar-refractivity contribution in [3.8, 4) is 17.2 Å². The number of piperazine rings is 1. The number of para-hydroxylation sites is 4. The standard InChI is InChI=1S/C24H25N3O6/c1-16(28)27-14-21(32-18-7-3-2-6-17(18)27)23(29)25-10-12-26(13-11-25)24(30)22-15-31-19-8-4-5-9-20(19)33-22/h2-9,21-22H,10-15H2,1H3/t21-,22-/m0/s1. The van der Waals surface area contributed by atoms with Gasteiger partial charge in [-0.05, 0) is 24.3 Å². The highest BCUT2D eigenvalue weighted by atomic mass is 16.6. The van der Waals surface area contributed by atoms with Crippen LogP contribution in [0, 0.1) is 0 Å². The molecule has 1 fully saturated rings. The highest BCUT2D eigenvalue weighted by Gasteiger charge is 2.38. The van der Waals surface area contributed by atoms with E-state index in [9.17, 15) is 14.4 Å². The molecule has 9 nitrogen and oxygen atoms in total.